The zero-order valence-electron chi connectivity index (χ0n) is 9.82. The van der Waals surface area contributed by atoms with Crippen molar-refractivity contribution >= 4 is 11.8 Å². The first-order chi connectivity index (χ1) is 7.64. The SMILES string of the molecule is CC(O)(CN)CCCCSCc1ccco1. The monoisotopic (exact) mass is 243 g/mol. The minimum Gasteiger partial charge on any atom is -0.468 e. The van der Waals surface area contributed by atoms with Gasteiger partial charge in [-0.25, -0.2) is 0 Å². The third-order valence-electron chi connectivity index (χ3n) is 2.52. The van der Waals surface area contributed by atoms with Gasteiger partial charge in [-0.1, -0.05) is 0 Å². The van der Waals surface area contributed by atoms with Gasteiger partial charge < -0.3 is 15.3 Å². The molecule has 0 fully saturated rings. The van der Waals surface area contributed by atoms with Crippen LogP contribution in [0, 0.1) is 0 Å². The molecule has 1 heterocycles. The first-order valence-electron chi connectivity index (χ1n) is 5.67. The van der Waals surface area contributed by atoms with Crippen LogP contribution in [0.5, 0.6) is 0 Å². The average molecular weight is 243 g/mol. The molecule has 1 rings (SSSR count). The fourth-order valence-electron chi connectivity index (χ4n) is 1.38. The molecule has 0 aromatic carbocycles. The molecule has 3 nitrogen and oxygen atoms in total. The van der Waals surface area contributed by atoms with E-state index in [1.54, 1.807) is 13.2 Å². The maximum Gasteiger partial charge on any atom is 0.113 e. The van der Waals surface area contributed by atoms with Crippen molar-refractivity contribution < 1.29 is 9.52 Å². The van der Waals surface area contributed by atoms with Crippen LogP contribution in [0.1, 0.15) is 31.9 Å². The Morgan fingerprint density at radius 1 is 1.50 bits per heavy atom. The number of aliphatic hydroxyl groups is 1. The highest BCUT2D eigenvalue weighted by atomic mass is 32.2. The lowest BCUT2D eigenvalue weighted by molar-refractivity contribution is 0.0577. The molecule has 16 heavy (non-hydrogen) atoms. The van der Waals surface area contributed by atoms with Gasteiger partial charge in [-0.2, -0.15) is 11.8 Å². The van der Waals surface area contributed by atoms with Crippen LogP contribution in [0.3, 0.4) is 0 Å². The van der Waals surface area contributed by atoms with Crippen LogP contribution >= 0.6 is 11.8 Å². The van der Waals surface area contributed by atoms with Gasteiger partial charge >= 0.3 is 0 Å². The molecule has 0 saturated heterocycles. The highest BCUT2D eigenvalue weighted by Gasteiger charge is 2.16. The van der Waals surface area contributed by atoms with Gasteiger partial charge in [0.15, 0.2) is 0 Å². The lowest BCUT2D eigenvalue weighted by Crippen LogP contribution is -2.33. The van der Waals surface area contributed by atoms with E-state index in [0.717, 1.165) is 36.5 Å². The van der Waals surface area contributed by atoms with Crippen LogP contribution in [0.25, 0.3) is 0 Å². The maximum absolute atomic E-state index is 9.68. The van der Waals surface area contributed by atoms with Crippen molar-refractivity contribution in [2.24, 2.45) is 5.73 Å². The standard InChI is InChI=1S/C12H21NO2S/c1-12(14,10-13)6-2-3-8-16-9-11-5-4-7-15-11/h4-5,7,14H,2-3,6,8-10,13H2,1H3. The molecule has 3 N–H and O–H groups in total. The Morgan fingerprint density at radius 2 is 2.31 bits per heavy atom. The van der Waals surface area contributed by atoms with E-state index >= 15 is 0 Å². The van der Waals surface area contributed by atoms with E-state index in [1.165, 1.54) is 0 Å². The van der Waals surface area contributed by atoms with Gasteiger partial charge in [0.25, 0.3) is 0 Å². The van der Waals surface area contributed by atoms with Crippen LogP contribution < -0.4 is 5.73 Å². The van der Waals surface area contributed by atoms with Crippen molar-refractivity contribution in [2.45, 2.75) is 37.5 Å². The number of nitrogens with two attached hydrogens (primary N) is 1. The Bertz CT molecular complexity index is 273. The molecule has 0 amide bonds. The van der Waals surface area contributed by atoms with Gasteiger partial charge in [-0.15, -0.1) is 0 Å². The molecule has 0 saturated carbocycles. The molecule has 0 radical (unpaired) electrons. The first-order valence-corrected chi connectivity index (χ1v) is 6.82. The molecule has 1 aromatic rings. The van der Waals surface area contributed by atoms with Gasteiger partial charge in [0, 0.05) is 6.54 Å². The summed E-state index contributed by atoms with van der Waals surface area (Å²) in [5, 5.41) is 9.68. The van der Waals surface area contributed by atoms with Crippen molar-refractivity contribution in [2.75, 3.05) is 12.3 Å². The van der Waals surface area contributed by atoms with Gasteiger partial charge in [0.1, 0.15) is 5.76 Å². The molecule has 0 spiro atoms. The minimum absolute atomic E-state index is 0.340. The van der Waals surface area contributed by atoms with Crippen LogP contribution in [-0.2, 0) is 5.75 Å². The predicted octanol–water partition coefficient (Wildman–Crippen LogP) is 2.39. The van der Waals surface area contributed by atoms with Gasteiger partial charge in [-0.05, 0) is 44.1 Å². The van der Waals surface area contributed by atoms with E-state index in [4.69, 9.17) is 10.2 Å². The highest BCUT2D eigenvalue weighted by Crippen LogP contribution is 2.17. The topological polar surface area (TPSA) is 59.4 Å². The van der Waals surface area contributed by atoms with E-state index in [1.807, 2.05) is 23.9 Å². The average Bonchev–Trinajstić information content (AvgIpc) is 2.76. The summed E-state index contributed by atoms with van der Waals surface area (Å²) in [4.78, 5) is 0. The lowest BCUT2D eigenvalue weighted by Gasteiger charge is -2.20. The molecular formula is C12H21NO2S. The Labute approximate surface area is 101 Å². The number of hydrogen-bond donors (Lipinski definition) is 2. The van der Waals surface area contributed by atoms with Crippen molar-refractivity contribution in [1.82, 2.24) is 0 Å². The third-order valence-corrected chi connectivity index (χ3v) is 3.58. The summed E-state index contributed by atoms with van der Waals surface area (Å²) in [6, 6.07) is 3.90. The van der Waals surface area contributed by atoms with Gasteiger partial charge in [-0.3, -0.25) is 0 Å². The molecular weight excluding hydrogens is 222 g/mol. The second-order valence-electron chi connectivity index (χ2n) is 4.29. The van der Waals surface area contributed by atoms with Gasteiger partial charge in [0.05, 0.1) is 17.6 Å². The molecule has 1 atom stereocenters. The number of rotatable bonds is 8. The van der Waals surface area contributed by atoms with E-state index in [0.29, 0.717) is 6.54 Å². The van der Waals surface area contributed by atoms with E-state index in [9.17, 15) is 5.11 Å². The summed E-state index contributed by atoms with van der Waals surface area (Å²) in [6.45, 7) is 2.13. The summed E-state index contributed by atoms with van der Waals surface area (Å²) < 4.78 is 5.23. The zero-order valence-corrected chi connectivity index (χ0v) is 10.6. The smallest absolute Gasteiger partial charge is 0.113 e. The predicted molar refractivity (Wildman–Crippen MR) is 68.4 cm³/mol. The molecule has 0 aliphatic carbocycles. The molecule has 4 heteroatoms. The highest BCUT2D eigenvalue weighted by molar-refractivity contribution is 7.98. The van der Waals surface area contributed by atoms with Crippen molar-refractivity contribution in [3.05, 3.63) is 24.2 Å². The minimum atomic E-state index is -0.689. The first kappa shape index (κ1) is 13.6. The Hall–Kier alpha value is -0.450. The Morgan fingerprint density at radius 3 is 2.94 bits per heavy atom. The Balaban J connectivity index is 1.96. The maximum atomic E-state index is 9.68. The summed E-state index contributed by atoms with van der Waals surface area (Å²) in [5.74, 6) is 3.06. The fourth-order valence-corrected chi connectivity index (χ4v) is 2.30. The fraction of sp³-hybridized carbons (Fsp3) is 0.667. The van der Waals surface area contributed by atoms with Crippen LogP contribution in [0.4, 0.5) is 0 Å². The summed E-state index contributed by atoms with van der Waals surface area (Å²) in [7, 11) is 0. The van der Waals surface area contributed by atoms with Crippen LogP contribution in [0.15, 0.2) is 22.8 Å². The summed E-state index contributed by atoms with van der Waals surface area (Å²) in [6.07, 6.45) is 4.62. The Kier molecular flexibility index (Phi) is 5.95. The second-order valence-corrected chi connectivity index (χ2v) is 5.40. The van der Waals surface area contributed by atoms with Crippen molar-refractivity contribution in [1.29, 1.82) is 0 Å². The summed E-state index contributed by atoms with van der Waals surface area (Å²) in [5.41, 5.74) is 4.75. The molecule has 0 aliphatic rings. The number of furan rings is 1. The normalized spacial score (nSPS) is 14.9. The largest absolute Gasteiger partial charge is 0.468 e. The number of thioether (sulfide) groups is 1. The lowest BCUT2D eigenvalue weighted by atomic mass is 10.00. The third kappa shape index (κ3) is 5.58. The van der Waals surface area contributed by atoms with E-state index in [2.05, 4.69) is 0 Å². The van der Waals surface area contributed by atoms with Crippen LogP contribution in [0.2, 0.25) is 0 Å². The molecule has 0 bridgehead atoms. The van der Waals surface area contributed by atoms with Gasteiger partial charge in [0.2, 0.25) is 0 Å². The van der Waals surface area contributed by atoms with E-state index in [-0.39, 0.29) is 0 Å². The molecule has 1 unspecified atom stereocenters. The summed E-state index contributed by atoms with van der Waals surface area (Å²) >= 11 is 1.86. The molecule has 0 aliphatic heterocycles. The molecule has 1 aromatic heterocycles. The quantitative estimate of drug-likeness (QED) is 0.688. The second kappa shape index (κ2) is 6.99. The van der Waals surface area contributed by atoms with Crippen molar-refractivity contribution in [3.63, 3.8) is 0 Å². The number of hydrogen-bond acceptors (Lipinski definition) is 4. The number of unbranched alkanes of at least 4 members (excludes halogenated alkanes) is 1. The van der Waals surface area contributed by atoms with Crippen LogP contribution in [-0.4, -0.2) is 23.0 Å². The zero-order chi connectivity index (χ0) is 11.9. The molecule has 92 valence electrons. The van der Waals surface area contributed by atoms with E-state index < -0.39 is 5.60 Å². The van der Waals surface area contributed by atoms with Crippen molar-refractivity contribution in [3.8, 4) is 0 Å².